The Hall–Kier alpha value is -0.820. The van der Waals surface area contributed by atoms with Crippen LogP contribution in [0.2, 0.25) is 0 Å². The first-order valence-electron chi connectivity index (χ1n) is 5.38. The van der Waals surface area contributed by atoms with Gasteiger partial charge in [-0.3, -0.25) is 0 Å². The number of aliphatic hydroxyl groups is 1. The monoisotopic (exact) mass is 190 g/mol. The van der Waals surface area contributed by atoms with E-state index in [1.807, 2.05) is 0 Å². The molecule has 0 bridgehead atoms. The Balaban J connectivity index is 2.43. The second-order valence-electron chi connectivity index (χ2n) is 4.50. The molecule has 14 heavy (non-hydrogen) atoms. The van der Waals surface area contributed by atoms with Crippen molar-refractivity contribution in [3.05, 3.63) is 34.9 Å². The fourth-order valence-corrected chi connectivity index (χ4v) is 2.60. The third-order valence-corrected chi connectivity index (χ3v) is 3.48. The molecule has 1 aromatic carbocycles. The number of hydrogen-bond acceptors (Lipinski definition) is 1. The Kier molecular flexibility index (Phi) is 2.15. The zero-order valence-corrected chi connectivity index (χ0v) is 9.17. The predicted molar refractivity (Wildman–Crippen MR) is 58.2 cm³/mol. The van der Waals surface area contributed by atoms with Crippen LogP contribution in [0, 0.1) is 19.8 Å². The van der Waals surface area contributed by atoms with Crippen molar-refractivity contribution in [1.82, 2.24) is 0 Å². The largest absolute Gasteiger partial charge is 0.385 e. The fraction of sp³-hybridized carbons (Fsp3) is 0.538. The van der Waals surface area contributed by atoms with E-state index in [9.17, 15) is 5.11 Å². The van der Waals surface area contributed by atoms with Gasteiger partial charge in [0.25, 0.3) is 0 Å². The number of hydrogen-bond donors (Lipinski definition) is 1. The smallest absolute Gasteiger partial charge is 0.0934 e. The van der Waals surface area contributed by atoms with Crippen molar-refractivity contribution in [2.45, 2.75) is 39.2 Å². The standard InChI is InChI=1S/C13H18O/c1-4-11-8-13(11,14)12-9(2)6-5-7-10(12)3/h5-7,11,14H,4,8H2,1-3H3. The quantitative estimate of drug-likeness (QED) is 0.760. The average Bonchev–Trinajstić information content (AvgIpc) is 2.77. The van der Waals surface area contributed by atoms with Crippen molar-refractivity contribution in [2.24, 2.45) is 5.92 Å². The maximum atomic E-state index is 10.4. The second kappa shape index (κ2) is 3.09. The van der Waals surface area contributed by atoms with Crippen molar-refractivity contribution >= 4 is 0 Å². The van der Waals surface area contributed by atoms with E-state index in [-0.39, 0.29) is 0 Å². The van der Waals surface area contributed by atoms with Crippen LogP contribution in [-0.4, -0.2) is 5.11 Å². The van der Waals surface area contributed by atoms with Gasteiger partial charge in [-0.05, 0) is 42.9 Å². The van der Waals surface area contributed by atoms with Crippen molar-refractivity contribution in [3.8, 4) is 0 Å². The average molecular weight is 190 g/mol. The van der Waals surface area contributed by atoms with E-state index < -0.39 is 5.60 Å². The van der Waals surface area contributed by atoms with Gasteiger partial charge in [0.05, 0.1) is 5.60 Å². The highest BCUT2D eigenvalue weighted by molar-refractivity contribution is 5.42. The molecule has 1 saturated carbocycles. The minimum atomic E-state index is -0.510. The Labute approximate surface area is 85.8 Å². The maximum Gasteiger partial charge on any atom is 0.0934 e. The number of rotatable bonds is 2. The van der Waals surface area contributed by atoms with E-state index in [0.717, 1.165) is 12.8 Å². The van der Waals surface area contributed by atoms with E-state index in [4.69, 9.17) is 0 Å². The van der Waals surface area contributed by atoms with E-state index >= 15 is 0 Å². The summed E-state index contributed by atoms with van der Waals surface area (Å²) in [6, 6.07) is 6.23. The van der Waals surface area contributed by atoms with Gasteiger partial charge in [-0.25, -0.2) is 0 Å². The molecular weight excluding hydrogens is 172 g/mol. The second-order valence-corrected chi connectivity index (χ2v) is 4.50. The minimum absolute atomic E-state index is 0.474. The molecule has 1 aromatic rings. The summed E-state index contributed by atoms with van der Waals surface area (Å²) in [5, 5.41) is 10.4. The fourth-order valence-electron chi connectivity index (χ4n) is 2.60. The van der Waals surface area contributed by atoms with Gasteiger partial charge < -0.3 is 5.11 Å². The van der Waals surface area contributed by atoms with Crippen molar-refractivity contribution in [2.75, 3.05) is 0 Å². The van der Waals surface area contributed by atoms with Gasteiger partial charge in [0.2, 0.25) is 0 Å². The van der Waals surface area contributed by atoms with E-state index in [1.54, 1.807) is 0 Å². The molecular formula is C13H18O. The van der Waals surface area contributed by atoms with Crippen molar-refractivity contribution < 1.29 is 5.11 Å². The number of benzene rings is 1. The summed E-state index contributed by atoms with van der Waals surface area (Å²) in [6.07, 6.45) is 2.01. The SMILES string of the molecule is CCC1CC1(O)c1c(C)cccc1C. The molecule has 0 saturated heterocycles. The van der Waals surface area contributed by atoms with Crippen molar-refractivity contribution in [1.29, 1.82) is 0 Å². The summed E-state index contributed by atoms with van der Waals surface area (Å²) >= 11 is 0. The van der Waals surface area contributed by atoms with Crippen LogP contribution < -0.4 is 0 Å². The van der Waals surface area contributed by atoms with Crippen LogP contribution in [0.5, 0.6) is 0 Å². The first-order chi connectivity index (χ1) is 6.59. The van der Waals surface area contributed by atoms with Gasteiger partial charge in [0.1, 0.15) is 0 Å². The molecule has 0 heterocycles. The summed E-state index contributed by atoms with van der Waals surface area (Å²) < 4.78 is 0. The molecule has 0 aromatic heterocycles. The lowest BCUT2D eigenvalue weighted by atomic mass is 9.94. The molecule has 0 radical (unpaired) electrons. The Morgan fingerprint density at radius 1 is 1.36 bits per heavy atom. The third kappa shape index (κ3) is 1.27. The van der Waals surface area contributed by atoms with Gasteiger partial charge in [0.15, 0.2) is 0 Å². The van der Waals surface area contributed by atoms with Gasteiger partial charge in [-0.1, -0.05) is 31.5 Å². The van der Waals surface area contributed by atoms with E-state index in [2.05, 4.69) is 39.0 Å². The van der Waals surface area contributed by atoms with Crippen LogP contribution in [0.4, 0.5) is 0 Å². The molecule has 76 valence electrons. The lowest BCUT2D eigenvalue weighted by Crippen LogP contribution is -2.12. The molecule has 2 atom stereocenters. The number of aryl methyl sites for hydroxylation is 2. The Morgan fingerprint density at radius 2 is 1.93 bits per heavy atom. The molecule has 1 nitrogen and oxygen atoms in total. The van der Waals surface area contributed by atoms with Crippen LogP contribution in [0.3, 0.4) is 0 Å². The molecule has 1 heteroatoms. The summed E-state index contributed by atoms with van der Waals surface area (Å²) in [5.41, 5.74) is 3.11. The summed E-state index contributed by atoms with van der Waals surface area (Å²) in [6.45, 7) is 6.33. The molecule has 0 amide bonds. The van der Waals surface area contributed by atoms with Crippen LogP contribution in [0.1, 0.15) is 36.5 Å². The van der Waals surface area contributed by atoms with Gasteiger partial charge in [0, 0.05) is 0 Å². The summed E-state index contributed by atoms with van der Waals surface area (Å²) in [7, 11) is 0. The zero-order chi connectivity index (χ0) is 10.3. The lowest BCUT2D eigenvalue weighted by molar-refractivity contribution is 0.129. The van der Waals surface area contributed by atoms with Crippen molar-refractivity contribution in [3.63, 3.8) is 0 Å². The molecule has 1 N–H and O–H groups in total. The Morgan fingerprint density at radius 3 is 2.36 bits per heavy atom. The van der Waals surface area contributed by atoms with Gasteiger partial charge in [-0.2, -0.15) is 0 Å². The first-order valence-corrected chi connectivity index (χ1v) is 5.38. The normalized spacial score (nSPS) is 30.4. The minimum Gasteiger partial charge on any atom is -0.385 e. The molecule has 2 unspecified atom stereocenters. The predicted octanol–water partition coefficient (Wildman–Crippen LogP) is 2.92. The molecule has 0 spiro atoms. The van der Waals surface area contributed by atoms with Crippen LogP contribution >= 0.6 is 0 Å². The Bertz CT molecular complexity index is 336. The van der Waals surface area contributed by atoms with Gasteiger partial charge >= 0.3 is 0 Å². The molecule has 1 aliphatic rings. The van der Waals surface area contributed by atoms with Crippen LogP contribution in [0.25, 0.3) is 0 Å². The van der Waals surface area contributed by atoms with E-state index in [1.165, 1.54) is 16.7 Å². The molecule has 1 aliphatic carbocycles. The highest BCUT2D eigenvalue weighted by atomic mass is 16.3. The summed E-state index contributed by atoms with van der Waals surface area (Å²) in [4.78, 5) is 0. The highest BCUT2D eigenvalue weighted by Crippen LogP contribution is 2.55. The highest BCUT2D eigenvalue weighted by Gasteiger charge is 2.53. The first kappa shape index (κ1) is 9.72. The zero-order valence-electron chi connectivity index (χ0n) is 9.17. The van der Waals surface area contributed by atoms with Gasteiger partial charge in [-0.15, -0.1) is 0 Å². The van der Waals surface area contributed by atoms with Crippen LogP contribution in [0.15, 0.2) is 18.2 Å². The third-order valence-electron chi connectivity index (χ3n) is 3.48. The summed E-state index contributed by atoms with van der Waals surface area (Å²) in [5.74, 6) is 0.474. The topological polar surface area (TPSA) is 20.2 Å². The van der Waals surface area contributed by atoms with E-state index in [0.29, 0.717) is 5.92 Å². The lowest BCUT2D eigenvalue weighted by Gasteiger charge is -2.16. The maximum absolute atomic E-state index is 10.4. The molecule has 2 rings (SSSR count). The molecule has 1 fully saturated rings. The van der Waals surface area contributed by atoms with Crippen LogP contribution in [-0.2, 0) is 5.60 Å². The molecule has 0 aliphatic heterocycles.